The molecular formula is C22H22BBrN2O9. The van der Waals surface area contributed by atoms with E-state index in [0.717, 1.165) is 12.8 Å². The zero-order valence-electron chi connectivity index (χ0n) is 18.7. The predicted octanol–water partition coefficient (Wildman–Crippen LogP) is 4.04. The summed E-state index contributed by atoms with van der Waals surface area (Å²) in [5.74, 6) is 0.559. The largest absolute Gasteiger partial charge is 0.514 e. The number of nitro groups is 1. The number of non-ortho nitro benzene ring substituents is 1. The molecule has 13 heteroatoms. The van der Waals surface area contributed by atoms with Crippen molar-refractivity contribution in [3.63, 3.8) is 0 Å². The number of carbonyl (C=O) groups excluding carboxylic acids is 1. The zero-order valence-corrected chi connectivity index (χ0v) is 20.3. The van der Waals surface area contributed by atoms with E-state index in [1.54, 1.807) is 19.0 Å². The van der Waals surface area contributed by atoms with E-state index in [-0.39, 0.29) is 23.6 Å². The number of fused-ring (bicyclic) bond motifs is 1. The molecule has 11 nitrogen and oxygen atoms in total. The molecule has 3 aromatic rings. The highest BCUT2D eigenvalue weighted by Gasteiger charge is 2.14. The molecule has 3 rings (SSSR count). The molecule has 0 atom stereocenters. The standard InChI is InChI=1S/C22H22BBrN2O9/c1-23(29)25-8-2-3-9-32-20-12-19-17(11-18(20)24)14(10-21(27)35-19)13-33-22(28)34-16-6-4-15(5-7-16)26(30)31/h4-7,10-12,25,29H,2-3,8-9,13H2,1H3. The van der Waals surface area contributed by atoms with E-state index >= 15 is 0 Å². The van der Waals surface area contributed by atoms with Crippen LogP contribution < -0.4 is 20.3 Å². The highest BCUT2D eigenvalue weighted by atomic mass is 79.9. The topological polar surface area (TPSA) is 150 Å². The third-order valence-electron chi connectivity index (χ3n) is 4.75. The Hall–Kier alpha value is -3.42. The number of hydrogen-bond donors (Lipinski definition) is 2. The van der Waals surface area contributed by atoms with Gasteiger partial charge in [0.2, 0.25) is 0 Å². The molecule has 35 heavy (non-hydrogen) atoms. The number of halogens is 1. The average Bonchev–Trinajstić information content (AvgIpc) is 2.80. The van der Waals surface area contributed by atoms with Gasteiger partial charge in [-0.05, 0) is 60.3 Å². The number of hydrogen-bond acceptors (Lipinski definition) is 10. The fraction of sp³-hybridized carbons (Fsp3) is 0.273. The van der Waals surface area contributed by atoms with Crippen molar-refractivity contribution >= 4 is 45.8 Å². The Morgan fingerprint density at radius 3 is 2.66 bits per heavy atom. The van der Waals surface area contributed by atoms with Crippen LogP contribution in [0.15, 0.2) is 56.1 Å². The number of carbonyl (C=O) groups is 1. The second-order valence-corrected chi connectivity index (χ2v) is 8.30. The van der Waals surface area contributed by atoms with Gasteiger partial charge in [-0.2, -0.15) is 0 Å². The molecule has 184 valence electrons. The van der Waals surface area contributed by atoms with Crippen LogP contribution in [0.5, 0.6) is 11.5 Å². The van der Waals surface area contributed by atoms with Gasteiger partial charge < -0.3 is 28.9 Å². The number of nitro benzene ring substituents is 1. The van der Waals surface area contributed by atoms with E-state index in [4.69, 9.17) is 18.6 Å². The Labute approximate surface area is 208 Å². The van der Waals surface area contributed by atoms with Crippen LogP contribution in [0, 0.1) is 10.1 Å². The molecule has 1 aromatic heterocycles. The van der Waals surface area contributed by atoms with Crippen molar-refractivity contribution in [3.05, 3.63) is 73.0 Å². The van der Waals surface area contributed by atoms with Gasteiger partial charge in [0.1, 0.15) is 23.7 Å². The third-order valence-corrected chi connectivity index (χ3v) is 5.37. The van der Waals surface area contributed by atoms with Crippen LogP contribution >= 0.6 is 15.9 Å². The smallest absolute Gasteiger partial charge is 0.492 e. The number of benzene rings is 2. The SMILES string of the molecule is CB(O)NCCCCOc1cc2oc(=O)cc(COC(=O)Oc3ccc([N+](=O)[O-])cc3)c2cc1Br. The van der Waals surface area contributed by atoms with Crippen molar-refractivity contribution in [1.29, 1.82) is 0 Å². The molecule has 0 bridgehead atoms. The van der Waals surface area contributed by atoms with Gasteiger partial charge >= 0.3 is 18.8 Å². The molecule has 0 radical (unpaired) electrons. The van der Waals surface area contributed by atoms with Gasteiger partial charge in [0.25, 0.3) is 5.69 Å². The summed E-state index contributed by atoms with van der Waals surface area (Å²) in [5, 5.41) is 23.3. The molecule has 2 N–H and O–H groups in total. The van der Waals surface area contributed by atoms with Gasteiger partial charge in [0.05, 0.1) is 16.0 Å². The summed E-state index contributed by atoms with van der Waals surface area (Å²) in [5.41, 5.74) is -0.116. The van der Waals surface area contributed by atoms with Crippen molar-refractivity contribution in [1.82, 2.24) is 5.23 Å². The minimum Gasteiger partial charge on any atom is -0.492 e. The van der Waals surface area contributed by atoms with Crippen LogP contribution in [-0.2, 0) is 11.3 Å². The van der Waals surface area contributed by atoms with Gasteiger partial charge in [-0.1, -0.05) is 0 Å². The van der Waals surface area contributed by atoms with Gasteiger partial charge in [-0.15, -0.1) is 0 Å². The lowest BCUT2D eigenvalue weighted by atomic mass is 9.89. The summed E-state index contributed by atoms with van der Waals surface area (Å²) in [4.78, 5) is 34.2. The summed E-state index contributed by atoms with van der Waals surface area (Å²) < 4.78 is 21.8. The minimum atomic E-state index is -1.04. The van der Waals surface area contributed by atoms with Gasteiger partial charge in [0, 0.05) is 35.2 Å². The van der Waals surface area contributed by atoms with E-state index in [2.05, 4.69) is 21.2 Å². The first-order valence-corrected chi connectivity index (χ1v) is 11.4. The van der Waals surface area contributed by atoms with Crippen molar-refractivity contribution in [2.24, 2.45) is 0 Å². The molecule has 0 aliphatic rings. The molecule has 0 saturated carbocycles. The summed E-state index contributed by atoms with van der Waals surface area (Å²) >= 11 is 3.44. The van der Waals surface area contributed by atoms with Gasteiger partial charge in [-0.3, -0.25) is 10.1 Å². The number of nitrogens with one attached hydrogen (secondary N) is 1. The zero-order chi connectivity index (χ0) is 25.4. The van der Waals surface area contributed by atoms with Crippen LogP contribution in [0.25, 0.3) is 11.0 Å². The van der Waals surface area contributed by atoms with Crippen molar-refractivity contribution in [2.45, 2.75) is 26.3 Å². The molecular weight excluding hydrogens is 527 g/mol. The maximum Gasteiger partial charge on any atom is 0.514 e. The molecule has 0 spiro atoms. The normalized spacial score (nSPS) is 10.7. The Balaban J connectivity index is 1.63. The predicted molar refractivity (Wildman–Crippen MR) is 131 cm³/mol. The Morgan fingerprint density at radius 1 is 1.23 bits per heavy atom. The van der Waals surface area contributed by atoms with Crippen molar-refractivity contribution in [3.8, 4) is 11.5 Å². The van der Waals surface area contributed by atoms with Crippen molar-refractivity contribution in [2.75, 3.05) is 13.2 Å². The Morgan fingerprint density at radius 2 is 1.97 bits per heavy atom. The van der Waals surface area contributed by atoms with E-state index in [1.165, 1.54) is 30.3 Å². The lowest BCUT2D eigenvalue weighted by Gasteiger charge is -2.12. The third kappa shape index (κ3) is 7.81. The first-order valence-electron chi connectivity index (χ1n) is 10.6. The lowest BCUT2D eigenvalue weighted by Crippen LogP contribution is -2.31. The highest BCUT2D eigenvalue weighted by molar-refractivity contribution is 9.10. The van der Waals surface area contributed by atoms with E-state index < -0.39 is 23.8 Å². The first-order chi connectivity index (χ1) is 16.7. The maximum atomic E-state index is 12.0. The minimum absolute atomic E-state index is 0.0734. The fourth-order valence-electron chi connectivity index (χ4n) is 3.08. The maximum absolute atomic E-state index is 12.0. The van der Waals surface area contributed by atoms with Crippen LogP contribution in [0.4, 0.5) is 10.5 Å². The molecule has 1 heterocycles. The molecule has 0 aliphatic carbocycles. The van der Waals surface area contributed by atoms with Gasteiger partial charge in [-0.25, -0.2) is 9.59 Å². The van der Waals surface area contributed by atoms with E-state index in [0.29, 0.717) is 34.3 Å². The molecule has 0 aliphatic heterocycles. The average molecular weight is 549 g/mol. The molecule has 2 aromatic carbocycles. The Kier molecular flexibility index (Phi) is 9.23. The van der Waals surface area contributed by atoms with Gasteiger partial charge in [0.15, 0.2) is 0 Å². The lowest BCUT2D eigenvalue weighted by molar-refractivity contribution is -0.384. The number of nitrogens with zero attached hydrogens (tertiary/aromatic N) is 1. The van der Waals surface area contributed by atoms with Crippen LogP contribution in [-0.4, -0.2) is 36.3 Å². The molecule has 0 unspecified atom stereocenters. The molecule has 0 saturated heterocycles. The van der Waals surface area contributed by atoms with Crippen LogP contribution in [0.2, 0.25) is 6.82 Å². The number of rotatable bonds is 11. The summed E-state index contributed by atoms with van der Waals surface area (Å²) in [6.45, 7) is 2.46. The monoisotopic (exact) mass is 548 g/mol. The van der Waals surface area contributed by atoms with Crippen LogP contribution in [0.3, 0.4) is 0 Å². The first kappa shape index (κ1) is 26.2. The molecule has 0 amide bonds. The number of unbranched alkanes of at least 4 members (excludes halogenated alkanes) is 1. The van der Waals surface area contributed by atoms with E-state index in [9.17, 15) is 24.7 Å². The summed E-state index contributed by atoms with van der Waals surface area (Å²) in [7, 11) is -0.559. The summed E-state index contributed by atoms with van der Waals surface area (Å²) in [6, 6.07) is 9.42. The summed E-state index contributed by atoms with van der Waals surface area (Å²) in [6.07, 6.45) is 0.519. The molecule has 0 fully saturated rings. The number of ether oxygens (including phenoxy) is 3. The van der Waals surface area contributed by atoms with Crippen molar-refractivity contribution < 1.29 is 33.4 Å². The Bertz CT molecular complexity index is 1250. The fourth-order valence-corrected chi connectivity index (χ4v) is 3.53. The second-order valence-electron chi connectivity index (χ2n) is 7.45. The second kappa shape index (κ2) is 12.3. The highest BCUT2D eigenvalue weighted by Crippen LogP contribution is 2.32. The van der Waals surface area contributed by atoms with E-state index in [1.807, 2.05) is 0 Å². The van der Waals surface area contributed by atoms with Crippen LogP contribution in [0.1, 0.15) is 18.4 Å². The quantitative estimate of drug-likeness (QED) is 0.0683.